The summed E-state index contributed by atoms with van der Waals surface area (Å²) in [6.07, 6.45) is 4.93. The number of Topliss-reactive ketones (excluding diaryl/α,β-unsaturated/α-hetero) is 1. The first kappa shape index (κ1) is 15.5. The Labute approximate surface area is 115 Å². The molecule has 1 unspecified atom stereocenters. The fourth-order valence-electron chi connectivity index (χ4n) is 1.71. The Kier molecular flexibility index (Phi) is 5.80. The highest BCUT2D eigenvalue weighted by Gasteiger charge is 2.12. The summed E-state index contributed by atoms with van der Waals surface area (Å²) in [6.45, 7) is 8.38. The molecule has 0 fully saturated rings. The Morgan fingerprint density at radius 2 is 2.00 bits per heavy atom. The number of rotatable bonds is 7. The van der Waals surface area contributed by atoms with Gasteiger partial charge in [-0.05, 0) is 25.3 Å². The number of ketones is 1. The Hall–Kier alpha value is -1.58. The molecular weight excluding hydrogens is 240 g/mol. The monoisotopic (exact) mass is 264 g/mol. The molecule has 4 heteroatoms. The van der Waals surface area contributed by atoms with Crippen LogP contribution in [-0.4, -0.2) is 22.3 Å². The molecule has 0 aliphatic carbocycles. The lowest BCUT2D eigenvalue weighted by atomic mass is 10.1. The van der Waals surface area contributed by atoms with Crippen molar-refractivity contribution in [3.05, 3.63) is 24.0 Å². The van der Waals surface area contributed by atoms with Crippen molar-refractivity contribution in [1.29, 1.82) is 0 Å². The van der Waals surface area contributed by atoms with Gasteiger partial charge in [-0.3, -0.25) is 9.59 Å². The Morgan fingerprint density at radius 3 is 2.58 bits per heavy atom. The van der Waals surface area contributed by atoms with E-state index in [1.54, 1.807) is 23.0 Å². The maximum Gasteiger partial charge on any atom is 0.240 e. The van der Waals surface area contributed by atoms with Crippen molar-refractivity contribution in [2.24, 2.45) is 5.92 Å². The van der Waals surface area contributed by atoms with E-state index in [0.29, 0.717) is 17.9 Å². The average molecular weight is 264 g/mol. The third kappa shape index (κ3) is 4.89. The largest absolute Gasteiger partial charge is 0.352 e. The smallest absolute Gasteiger partial charge is 0.240 e. The zero-order valence-electron chi connectivity index (χ0n) is 12.3. The number of hydrogen-bond acceptors (Lipinski definition) is 2. The molecule has 19 heavy (non-hydrogen) atoms. The van der Waals surface area contributed by atoms with Crippen LogP contribution in [0.1, 0.15) is 50.9 Å². The molecule has 0 radical (unpaired) electrons. The van der Waals surface area contributed by atoms with Crippen LogP contribution in [0.5, 0.6) is 0 Å². The molecule has 0 spiro atoms. The first-order chi connectivity index (χ1) is 8.93. The minimum Gasteiger partial charge on any atom is -0.352 e. The van der Waals surface area contributed by atoms with Gasteiger partial charge in [-0.25, -0.2) is 0 Å². The van der Waals surface area contributed by atoms with Crippen LogP contribution in [0.2, 0.25) is 0 Å². The molecule has 0 aliphatic rings. The topological polar surface area (TPSA) is 51.1 Å². The van der Waals surface area contributed by atoms with Crippen molar-refractivity contribution in [2.75, 3.05) is 0 Å². The van der Waals surface area contributed by atoms with Crippen LogP contribution in [0.25, 0.3) is 0 Å². The van der Waals surface area contributed by atoms with Gasteiger partial charge in [0, 0.05) is 30.4 Å². The summed E-state index contributed by atoms with van der Waals surface area (Å²) in [4.78, 5) is 23.5. The van der Waals surface area contributed by atoms with Crippen LogP contribution in [0.3, 0.4) is 0 Å². The van der Waals surface area contributed by atoms with E-state index in [4.69, 9.17) is 0 Å². The Bertz CT molecular complexity index is 435. The van der Waals surface area contributed by atoms with Crippen LogP contribution in [0.4, 0.5) is 0 Å². The van der Waals surface area contributed by atoms with Gasteiger partial charge in [-0.2, -0.15) is 0 Å². The summed E-state index contributed by atoms with van der Waals surface area (Å²) in [7, 11) is 0. The van der Waals surface area contributed by atoms with E-state index in [-0.39, 0.29) is 24.3 Å². The van der Waals surface area contributed by atoms with Gasteiger partial charge in [0.15, 0.2) is 5.78 Å². The number of carbonyl (C=O) groups is 2. The highest BCUT2D eigenvalue weighted by molar-refractivity contribution is 5.95. The SMILES string of the molecule is CCCC(=O)c1ccn(CC(=O)NC(C)C(C)C)c1. The molecule has 0 aliphatic heterocycles. The lowest BCUT2D eigenvalue weighted by Gasteiger charge is -2.17. The third-order valence-corrected chi connectivity index (χ3v) is 3.26. The summed E-state index contributed by atoms with van der Waals surface area (Å²) in [5.41, 5.74) is 0.687. The van der Waals surface area contributed by atoms with E-state index in [9.17, 15) is 9.59 Å². The number of hydrogen-bond donors (Lipinski definition) is 1. The fourth-order valence-corrected chi connectivity index (χ4v) is 1.71. The number of nitrogens with one attached hydrogen (secondary N) is 1. The maximum absolute atomic E-state index is 11.8. The second-order valence-corrected chi connectivity index (χ2v) is 5.35. The average Bonchev–Trinajstić information content (AvgIpc) is 2.77. The molecule has 0 bridgehead atoms. The van der Waals surface area contributed by atoms with Crippen LogP contribution in [0, 0.1) is 5.92 Å². The molecule has 1 atom stereocenters. The van der Waals surface area contributed by atoms with Crippen LogP contribution < -0.4 is 5.32 Å². The minimum atomic E-state index is -0.0220. The van der Waals surface area contributed by atoms with Gasteiger partial charge in [-0.15, -0.1) is 0 Å². The molecule has 1 aromatic rings. The summed E-state index contributed by atoms with van der Waals surface area (Å²) in [6, 6.07) is 1.93. The lowest BCUT2D eigenvalue weighted by molar-refractivity contribution is -0.122. The van der Waals surface area contributed by atoms with E-state index in [1.165, 1.54) is 0 Å². The number of carbonyl (C=O) groups excluding carboxylic acids is 2. The van der Waals surface area contributed by atoms with Gasteiger partial charge >= 0.3 is 0 Å². The molecule has 1 aromatic heterocycles. The zero-order chi connectivity index (χ0) is 14.4. The van der Waals surface area contributed by atoms with E-state index in [2.05, 4.69) is 19.2 Å². The van der Waals surface area contributed by atoms with Gasteiger partial charge in [0.05, 0.1) is 0 Å². The summed E-state index contributed by atoms with van der Waals surface area (Å²) in [5, 5.41) is 2.95. The first-order valence-corrected chi connectivity index (χ1v) is 6.92. The minimum absolute atomic E-state index is 0.0220. The maximum atomic E-state index is 11.8. The van der Waals surface area contributed by atoms with Gasteiger partial charge in [0.2, 0.25) is 5.91 Å². The second-order valence-electron chi connectivity index (χ2n) is 5.35. The first-order valence-electron chi connectivity index (χ1n) is 6.92. The highest BCUT2D eigenvalue weighted by atomic mass is 16.2. The molecule has 1 amide bonds. The Balaban J connectivity index is 2.54. The van der Waals surface area contributed by atoms with Crippen LogP contribution in [0.15, 0.2) is 18.5 Å². The summed E-state index contributed by atoms with van der Waals surface area (Å²) in [5.74, 6) is 0.527. The molecule has 0 saturated heterocycles. The Morgan fingerprint density at radius 1 is 1.32 bits per heavy atom. The number of aromatic nitrogens is 1. The predicted octanol–water partition coefficient (Wildman–Crippen LogP) is 2.63. The normalized spacial score (nSPS) is 12.5. The molecule has 4 nitrogen and oxygen atoms in total. The van der Waals surface area contributed by atoms with Gasteiger partial charge in [0.1, 0.15) is 6.54 Å². The molecule has 106 valence electrons. The van der Waals surface area contributed by atoms with Crippen molar-refractivity contribution in [2.45, 2.75) is 53.1 Å². The van der Waals surface area contributed by atoms with Crippen molar-refractivity contribution in [3.63, 3.8) is 0 Å². The van der Waals surface area contributed by atoms with E-state index >= 15 is 0 Å². The van der Waals surface area contributed by atoms with Crippen LogP contribution in [-0.2, 0) is 11.3 Å². The van der Waals surface area contributed by atoms with E-state index in [0.717, 1.165) is 6.42 Å². The van der Waals surface area contributed by atoms with Crippen molar-refractivity contribution < 1.29 is 9.59 Å². The zero-order valence-corrected chi connectivity index (χ0v) is 12.3. The quantitative estimate of drug-likeness (QED) is 0.770. The second kappa shape index (κ2) is 7.12. The molecule has 1 heterocycles. The number of amides is 1. The third-order valence-electron chi connectivity index (χ3n) is 3.26. The molecular formula is C15H24N2O2. The summed E-state index contributed by atoms with van der Waals surface area (Å²) < 4.78 is 1.76. The van der Waals surface area contributed by atoms with Crippen LogP contribution >= 0.6 is 0 Å². The van der Waals surface area contributed by atoms with Crippen molar-refractivity contribution >= 4 is 11.7 Å². The molecule has 1 N–H and O–H groups in total. The molecule has 0 saturated carbocycles. The van der Waals surface area contributed by atoms with Gasteiger partial charge < -0.3 is 9.88 Å². The van der Waals surface area contributed by atoms with E-state index < -0.39 is 0 Å². The van der Waals surface area contributed by atoms with Crippen molar-refractivity contribution in [3.8, 4) is 0 Å². The molecule has 1 rings (SSSR count). The lowest BCUT2D eigenvalue weighted by Crippen LogP contribution is -2.37. The van der Waals surface area contributed by atoms with Gasteiger partial charge in [0.25, 0.3) is 0 Å². The van der Waals surface area contributed by atoms with E-state index in [1.807, 2.05) is 13.8 Å². The fraction of sp³-hybridized carbons (Fsp3) is 0.600. The molecule has 0 aromatic carbocycles. The van der Waals surface area contributed by atoms with Crippen molar-refractivity contribution in [1.82, 2.24) is 9.88 Å². The predicted molar refractivity (Wildman–Crippen MR) is 76.1 cm³/mol. The number of nitrogens with zero attached hydrogens (tertiary/aromatic N) is 1. The summed E-state index contributed by atoms with van der Waals surface area (Å²) >= 11 is 0. The van der Waals surface area contributed by atoms with Gasteiger partial charge in [-0.1, -0.05) is 20.8 Å². The highest BCUT2D eigenvalue weighted by Crippen LogP contribution is 2.07. The standard InChI is InChI=1S/C15H24N2O2/c1-5-6-14(18)13-7-8-17(9-13)10-15(19)16-12(4)11(2)3/h7-9,11-12H,5-6,10H2,1-4H3,(H,16,19).